The maximum atomic E-state index is 5.46. The first-order valence-electron chi connectivity index (χ1n) is 7.95. The first-order chi connectivity index (χ1) is 10.1. The number of ether oxygens (including phenoxy) is 2. The van der Waals surface area contributed by atoms with Crippen molar-refractivity contribution in [3.05, 3.63) is 17.0 Å². The van der Waals surface area contributed by atoms with Gasteiger partial charge >= 0.3 is 0 Å². The summed E-state index contributed by atoms with van der Waals surface area (Å²) in [6.07, 6.45) is 2.20. The second-order valence-corrected chi connectivity index (χ2v) is 5.39. The lowest BCUT2D eigenvalue weighted by molar-refractivity contribution is 0.0687. The van der Waals surface area contributed by atoms with Gasteiger partial charge in [-0.05, 0) is 47.1 Å². The van der Waals surface area contributed by atoms with E-state index in [1.165, 1.54) is 11.3 Å². The van der Waals surface area contributed by atoms with Crippen LogP contribution in [0.15, 0.2) is 0 Å². The summed E-state index contributed by atoms with van der Waals surface area (Å²) in [5, 5.41) is 8.17. The van der Waals surface area contributed by atoms with Gasteiger partial charge in [0.1, 0.15) is 0 Å². The summed E-state index contributed by atoms with van der Waals surface area (Å²) < 4.78 is 12.5. The van der Waals surface area contributed by atoms with Gasteiger partial charge in [-0.15, -0.1) is 0 Å². The third kappa shape index (κ3) is 5.77. The number of hydrogen-bond acceptors (Lipinski definition) is 4. The van der Waals surface area contributed by atoms with Crippen molar-refractivity contribution < 1.29 is 9.47 Å². The van der Waals surface area contributed by atoms with E-state index >= 15 is 0 Å². The van der Waals surface area contributed by atoms with Crippen molar-refractivity contribution in [3.63, 3.8) is 0 Å². The van der Waals surface area contributed by atoms with Gasteiger partial charge in [0.05, 0.1) is 18.9 Å². The monoisotopic (exact) mass is 297 g/mol. The van der Waals surface area contributed by atoms with E-state index in [-0.39, 0.29) is 0 Å². The van der Waals surface area contributed by atoms with Gasteiger partial charge in [0.15, 0.2) is 0 Å². The van der Waals surface area contributed by atoms with Gasteiger partial charge in [0.2, 0.25) is 0 Å². The fourth-order valence-electron chi connectivity index (χ4n) is 2.64. The molecule has 0 radical (unpaired) electrons. The molecule has 21 heavy (non-hydrogen) atoms. The third-order valence-corrected chi connectivity index (χ3v) is 3.77. The molecule has 0 bridgehead atoms. The molecule has 0 spiro atoms. The second-order valence-electron chi connectivity index (χ2n) is 5.39. The second kappa shape index (κ2) is 9.92. The van der Waals surface area contributed by atoms with Crippen LogP contribution in [0.5, 0.6) is 0 Å². The Kier molecular flexibility index (Phi) is 8.57. The molecule has 1 unspecified atom stereocenters. The molecule has 5 heteroatoms. The molecule has 0 saturated carbocycles. The minimum absolute atomic E-state index is 0.347. The average molecular weight is 297 g/mol. The Morgan fingerprint density at radius 1 is 1.19 bits per heavy atom. The van der Waals surface area contributed by atoms with Crippen LogP contribution in [0, 0.1) is 13.8 Å². The first kappa shape index (κ1) is 18.1. The molecule has 1 aromatic rings. The van der Waals surface area contributed by atoms with Gasteiger partial charge in [0.25, 0.3) is 0 Å². The van der Waals surface area contributed by atoms with Crippen LogP contribution in [0.3, 0.4) is 0 Å². The van der Waals surface area contributed by atoms with Crippen molar-refractivity contribution in [2.75, 3.05) is 33.5 Å². The Labute approximate surface area is 129 Å². The van der Waals surface area contributed by atoms with Crippen LogP contribution in [0.1, 0.15) is 49.7 Å². The van der Waals surface area contributed by atoms with Crippen LogP contribution in [-0.4, -0.2) is 43.3 Å². The lowest BCUT2D eigenvalue weighted by Crippen LogP contribution is -2.21. The number of aryl methyl sites for hydroxylation is 2. The van der Waals surface area contributed by atoms with Crippen LogP contribution in [0.4, 0.5) is 0 Å². The molecule has 0 saturated heterocycles. The molecular weight excluding hydrogens is 266 g/mol. The SMILES string of the molecule is CCn1nc(C)c(C(C)NCCCCOCCOC)c1C. The largest absolute Gasteiger partial charge is 0.382 e. The van der Waals surface area contributed by atoms with Crippen molar-refractivity contribution in [1.82, 2.24) is 15.1 Å². The predicted octanol–water partition coefficient (Wildman–Crippen LogP) is 2.61. The zero-order valence-electron chi connectivity index (χ0n) is 14.2. The van der Waals surface area contributed by atoms with Gasteiger partial charge in [-0.2, -0.15) is 5.10 Å². The summed E-state index contributed by atoms with van der Waals surface area (Å²) in [5.74, 6) is 0. The van der Waals surface area contributed by atoms with Crippen molar-refractivity contribution >= 4 is 0 Å². The van der Waals surface area contributed by atoms with E-state index in [9.17, 15) is 0 Å². The lowest BCUT2D eigenvalue weighted by Gasteiger charge is -2.15. The Morgan fingerprint density at radius 2 is 1.95 bits per heavy atom. The van der Waals surface area contributed by atoms with Crippen LogP contribution >= 0.6 is 0 Å². The molecule has 0 aliphatic rings. The summed E-state index contributed by atoms with van der Waals surface area (Å²) in [5.41, 5.74) is 3.75. The molecule has 1 atom stereocenters. The van der Waals surface area contributed by atoms with E-state index in [2.05, 4.69) is 42.8 Å². The molecule has 1 N–H and O–H groups in total. The fourth-order valence-corrected chi connectivity index (χ4v) is 2.64. The molecule has 0 aliphatic heterocycles. The molecule has 122 valence electrons. The number of unbranched alkanes of at least 4 members (excludes halogenated alkanes) is 1. The standard InChI is InChI=1S/C16H31N3O2/c1-6-19-15(4)16(14(3)18-19)13(2)17-9-7-8-10-21-12-11-20-5/h13,17H,6-12H2,1-5H3. The van der Waals surface area contributed by atoms with Gasteiger partial charge in [0, 0.05) is 37.6 Å². The number of aromatic nitrogens is 2. The van der Waals surface area contributed by atoms with E-state index in [1.54, 1.807) is 7.11 Å². The van der Waals surface area contributed by atoms with E-state index in [0.717, 1.165) is 38.2 Å². The van der Waals surface area contributed by atoms with Crippen molar-refractivity contribution in [1.29, 1.82) is 0 Å². The molecule has 1 rings (SSSR count). The third-order valence-electron chi connectivity index (χ3n) is 3.77. The Morgan fingerprint density at radius 3 is 2.57 bits per heavy atom. The smallest absolute Gasteiger partial charge is 0.0700 e. The van der Waals surface area contributed by atoms with E-state index in [1.807, 2.05) is 0 Å². The molecule has 5 nitrogen and oxygen atoms in total. The van der Waals surface area contributed by atoms with Crippen molar-refractivity contribution in [2.24, 2.45) is 0 Å². The molecule has 0 fully saturated rings. The van der Waals surface area contributed by atoms with Gasteiger partial charge in [-0.1, -0.05) is 0 Å². The van der Waals surface area contributed by atoms with Crippen LogP contribution in [0.2, 0.25) is 0 Å². The highest BCUT2D eigenvalue weighted by Gasteiger charge is 2.16. The predicted molar refractivity (Wildman–Crippen MR) is 85.7 cm³/mol. The highest BCUT2D eigenvalue weighted by molar-refractivity contribution is 5.27. The quantitative estimate of drug-likeness (QED) is 0.638. The molecule has 1 aromatic heterocycles. The summed E-state index contributed by atoms with van der Waals surface area (Å²) in [6.45, 7) is 12.7. The maximum absolute atomic E-state index is 5.46. The van der Waals surface area contributed by atoms with Gasteiger partial charge in [-0.3, -0.25) is 4.68 Å². The fraction of sp³-hybridized carbons (Fsp3) is 0.812. The van der Waals surface area contributed by atoms with Gasteiger partial charge < -0.3 is 14.8 Å². The van der Waals surface area contributed by atoms with E-state index < -0.39 is 0 Å². The lowest BCUT2D eigenvalue weighted by atomic mass is 10.1. The summed E-state index contributed by atoms with van der Waals surface area (Å²) in [7, 11) is 1.69. The van der Waals surface area contributed by atoms with Crippen molar-refractivity contribution in [2.45, 2.75) is 53.1 Å². The average Bonchev–Trinajstić information content (AvgIpc) is 2.76. The normalized spacial score (nSPS) is 12.8. The Bertz CT molecular complexity index is 404. The van der Waals surface area contributed by atoms with Crippen LogP contribution in [-0.2, 0) is 16.0 Å². The first-order valence-corrected chi connectivity index (χ1v) is 7.95. The summed E-state index contributed by atoms with van der Waals surface area (Å²) in [6, 6.07) is 0.347. The van der Waals surface area contributed by atoms with E-state index in [4.69, 9.17) is 9.47 Å². The minimum atomic E-state index is 0.347. The van der Waals surface area contributed by atoms with Crippen molar-refractivity contribution in [3.8, 4) is 0 Å². The number of methoxy groups -OCH3 is 1. The van der Waals surface area contributed by atoms with E-state index in [0.29, 0.717) is 19.3 Å². The zero-order chi connectivity index (χ0) is 15.7. The number of nitrogens with zero attached hydrogens (tertiary/aromatic N) is 2. The number of hydrogen-bond donors (Lipinski definition) is 1. The van der Waals surface area contributed by atoms with Crippen LogP contribution < -0.4 is 5.32 Å². The molecule has 0 aromatic carbocycles. The summed E-state index contributed by atoms with van der Waals surface area (Å²) >= 11 is 0. The number of rotatable bonds is 11. The molecular formula is C16H31N3O2. The Hall–Kier alpha value is -0.910. The van der Waals surface area contributed by atoms with Crippen LogP contribution in [0.25, 0.3) is 0 Å². The highest BCUT2D eigenvalue weighted by atomic mass is 16.5. The zero-order valence-corrected chi connectivity index (χ0v) is 14.2. The minimum Gasteiger partial charge on any atom is -0.382 e. The highest BCUT2D eigenvalue weighted by Crippen LogP contribution is 2.21. The molecule has 1 heterocycles. The van der Waals surface area contributed by atoms with Gasteiger partial charge in [-0.25, -0.2) is 0 Å². The maximum Gasteiger partial charge on any atom is 0.0700 e. The Balaban J connectivity index is 2.25. The number of nitrogens with one attached hydrogen (secondary N) is 1. The topological polar surface area (TPSA) is 48.3 Å². The molecule has 0 amide bonds. The summed E-state index contributed by atoms with van der Waals surface area (Å²) in [4.78, 5) is 0. The molecule has 0 aliphatic carbocycles.